The Balaban J connectivity index is 1.86. The topological polar surface area (TPSA) is 122 Å². The highest BCUT2D eigenvalue weighted by molar-refractivity contribution is 6.15. The van der Waals surface area contributed by atoms with Crippen LogP contribution in [0.4, 0.5) is 5.69 Å². The number of nitrogens with two attached hydrogens (primary N) is 1. The smallest absolute Gasteiger partial charge is 0.250 e. The van der Waals surface area contributed by atoms with Gasteiger partial charge in [0.25, 0.3) is 0 Å². The van der Waals surface area contributed by atoms with Crippen LogP contribution in [0, 0.1) is 25.7 Å². The van der Waals surface area contributed by atoms with Crippen LogP contribution < -0.4 is 16.4 Å². The van der Waals surface area contributed by atoms with E-state index >= 15 is 0 Å². The van der Waals surface area contributed by atoms with Crippen molar-refractivity contribution in [3.05, 3.63) is 28.8 Å². The molecule has 4 unspecified atom stereocenters. The van der Waals surface area contributed by atoms with Crippen LogP contribution in [0.3, 0.4) is 0 Å². The van der Waals surface area contributed by atoms with Gasteiger partial charge in [-0.2, -0.15) is 0 Å². The first-order valence-electron chi connectivity index (χ1n) is 10.1. The number of hydrogen-bond donors (Lipinski definition) is 3. The molecule has 4 N–H and O–H groups in total. The summed E-state index contributed by atoms with van der Waals surface area (Å²) in [4.78, 5) is 52.8. The van der Waals surface area contributed by atoms with Crippen molar-refractivity contribution in [1.29, 1.82) is 0 Å². The Labute approximate surface area is 169 Å². The zero-order valence-electron chi connectivity index (χ0n) is 16.9. The number of benzene rings is 1. The number of rotatable bonds is 5. The molecule has 29 heavy (non-hydrogen) atoms. The number of unbranched alkanes of at least 4 members (excludes halogenated alkanes) is 1. The van der Waals surface area contributed by atoms with Gasteiger partial charge in [-0.3, -0.25) is 29.4 Å². The van der Waals surface area contributed by atoms with Crippen molar-refractivity contribution in [3.8, 4) is 0 Å². The predicted molar refractivity (Wildman–Crippen MR) is 106 cm³/mol. The molecule has 3 heterocycles. The number of fused-ring (bicyclic) bond motifs is 4. The van der Waals surface area contributed by atoms with Crippen molar-refractivity contribution in [2.24, 2.45) is 17.6 Å². The maximum atomic E-state index is 13.4. The Hall–Kier alpha value is -2.74. The third-order valence-corrected chi connectivity index (χ3v) is 6.67. The first-order valence-corrected chi connectivity index (χ1v) is 10.1. The number of nitrogens with one attached hydrogen (secondary N) is 2. The van der Waals surface area contributed by atoms with E-state index in [0.717, 1.165) is 17.5 Å². The van der Waals surface area contributed by atoms with E-state index in [1.807, 2.05) is 32.9 Å². The van der Waals surface area contributed by atoms with E-state index < -0.39 is 29.3 Å². The summed E-state index contributed by atoms with van der Waals surface area (Å²) in [6.45, 7) is 6.17. The number of amides is 4. The largest absolute Gasteiger partial charge is 0.370 e. The molecule has 3 aliphatic rings. The van der Waals surface area contributed by atoms with Crippen LogP contribution in [-0.2, 0) is 24.7 Å². The highest BCUT2D eigenvalue weighted by Crippen LogP contribution is 2.54. The van der Waals surface area contributed by atoms with Gasteiger partial charge in [0.2, 0.25) is 23.6 Å². The van der Waals surface area contributed by atoms with Gasteiger partial charge < -0.3 is 11.1 Å². The molecule has 1 spiro atoms. The second-order valence-electron chi connectivity index (χ2n) is 8.30. The summed E-state index contributed by atoms with van der Waals surface area (Å²) in [6, 6.07) is 3.07. The number of carbonyl (C=O) groups is 4. The van der Waals surface area contributed by atoms with E-state index in [9.17, 15) is 19.2 Å². The molecule has 4 amide bonds. The first-order chi connectivity index (χ1) is 13.7. The third-order valence-electron chi connectivity index (χ3n) is 6.67. The van der Waals surface area contributed by atoms with Gasteiger partial charge in [-0.05, 0) is 31.4 Å². The second-order valence-corrected chi connectivity index (χ2v) is 8.30. The summed E-state index contributed by atoms with van der Waals surface area (Å²) < 4.78 is 0. The van der Waals surface area contributed by atoms with Crippen LogP contribution in [0.15, 0.2) is 12.1 Å². The molecule has 2 saturated heterocycles. The molecule has 154 valence electrons. The molecule has 1 aromatic carbocycles. The van der Waals surface area contributed by atoms with Crippen molar-refractivity contribution in [2.45, 2.75) is 51.6 Å². The van der Waals surface area contributed by atoms with Gasteiger partial charge in [0.05, 0.1) is 11.8 Å². The lowest BCUT2D eigenvalue weighted by Crippen LogP contribution is -2.53. The molecule has 4 rings (SSSR count). The highest BCUT2D eigenvalue weighted by atomic mass is 16.2. The Morgan fingerprint density at radius 3 is 2.59 bits per heavy atom. The number of nitrogens with zero attached hydrogens (tertiary/aromatic N) is 1. The molecule has 8 heteroatoms. The van der Waals surface area contributed by atoms with Crippen LogP contribution in [0.1, 0.15) is 42.9 Å². The molecule has 0 aromatic heterocycles. The summed E-state index contributed by atoms with van der Waals surface area (Å²) in [5.74, 6) is -3.29. The van der Waals surface area contributed by atoms with Crippen LogP contribution >= 0.6 is 0 Å². The number of imide groups is 1. The maximum absolute atomic E-state index is 13.4. The Kier molecular flexibility index (Phi) is 4.49. The summed E-state index contributed by atoms with van der Waals surface area (Å²) in [5.41, 5.74) is 7.32. The SMILES string of the molecule is CCCCN1C(=O)C2C(CC(N)=O)NC3(C(=O)Nc4c3ccc(C)c4C)C2C1=O. The van der Waals surface area contributed by atoms with Gasteiger partial charge in [-0.15, -0.1) is 0 Å². The van der Waals surface area contributed by atoms with E-state index in [1.54, 1.807) is 0 Å². The van der Waals surface area contributed by atoms with Gasteiger partial charge in [0, 0.05) is 30.3 Å². The van der Waals surface area contributed by atoms with Crippen molar-refractivity contribution >= 4 is 29.3 Å². The normalized spacial score (nSPS) is 30.1. The lowest BCUT2D eigenvalue weighted by molar-refractivity contribution is -0.142. The van der Waals surface area contributed by atoms with Crippen LogP contribution in [0.2, 0.25) is 0 Å². The van der Waals surface area contributed by atoms with E-state index in [1.165, 1.54) is 4.90 Å². The van der Waals surface area contributed by atoms with Crippen molar-refractivity contribution in [3.63, 3.8) is 0 Å². The minimum Gasteiger partial charge on any atom is -0.370 e. The fraction of sp³-hybridized carbons (Fsp3) is 0.524. The molecule has 3 aliphatic heterocycles. The van der Waals surface area contributed by atoms with E-state index in [2.05, 4.69) is 10.6 Å². The van der Waals surface area contributed by atoms with Gasteiger partial charge in [-0.1, -0.05) is 25.5 Å². The first kappa shape index (κ1) is 19.6. The molecule has 0 bridgehead atoms. The molecule has 1 aromatic rings. The molecular weight excluding hydrogens is 372 g/mol. The second kappa shape index (κ2) is 6.66. The van der Waals surface area contributed by atoms with E-state index in [0.29, 0.717) is 24.2 Å². The van der Waals surface area contributed by atoms with Gasteiger partial charge in [-0.25, -0.2) is 0 Å². The molecule has 0 radical (unpaired) electrons. The summed E-state index contributed by atoms with van der Waals surface area (Å²) in [6.07, 6.45) is 1.41. The molecular formula is C21H26N4O4. The van der Waals surface area contributed by atoms with Crippen LogP contribution in [0.5, 0.6) is 0 Å². The quantitative estimate of drug-likeness (QED) is 0.631. The van der Waals surface area contributed by atoms with Gasteiger partial charge >= 0.3 is 0 Å². The van der Waals surface area contributed by atoms with Crippen LogP contribution in [-0.4, -0.2) is 41.1 Å². The molecule has 2 fully saturated rings. The monoisotopic (exact) mass is 398 g/mol. The van der Waals surface area contributed by atoms with Gasteiger partial charge in [0.15, 0.2) is 0 Å². The predicted octanol–water partition coefficient (Wildman–Crippen LogP) is 0.699. The zero-order valence-corrected chi connectivity index (χ0v) is 16.9. The standard InChI is InChI=1S/C21H26N4O4/c1-4-5-8-25-18(27)15-13(9-14(22)26)24-21(16(15)19(25)28)12-7-6-10(2)11(3)17(12)23-20(21)29/h6-7,13,15-16,24H,4-5,8-9H2,1-3H3,(H2,22,26)(H,23,29). The zero-order chi connectivity index (χ0) is 21.1. The number of carbonyl (C=O) groups excluding carboxylic acids is 4. The Bertz CT molecular complexity index is 943. The minimum atomic E-state index is -1.37. The minimum absolute atomic E-state index is 0.114. The fourth-order valence-electron chi connectivity index (χ4n) is 5.11. The summed E-state index contributed by atoms with van der Waals surface area (Å²) >= 11 is 0. The number of likely N-dealkylation sites (tertiary alicyclic amines) is 1. The third kappa shape index (κ3) is 2.55. The molecule has 0 saturated carbocycles. The number of aryl methyl sites for hydroxylation is 1. The van der Waals surface area contributed by atoms with E-state index in [-0.39, 0.29) is 24.1 Å². The lowest BCUT2D eigenvalue weighted by Gasteiger charge is -2.29. The molecule has 0 aliphatic carbocycles. The van der Waals surface area contributed by atoms with Crippen LogP contribution in [0.25, 0.3) is 0 Å². The number of primary amides is 1. The number of anilines is 1. The van der Waals surface area contributed by atoms with Crippen molar-refractivity contribution in [2.75, 3.05) is 11.9 Å². The average molecular weight is 398 g/mol. The van der Waals surface area contributed by atoms with E-state index in [4.69, 9.17) is 5.73 Å². The average Bonchev–Trinajstić information content (AvgIpc) is 3.22. The molecule has 4 atom stereocenters. The maximum Gasteiger partial charge on any atom is 0.250 e. The van der Waals surface area contributed by atoms with Gasteiger partial charge in [0.1, 0.15) is 5.54 Å². The van der Waals surface area contributed by atoms with Crippen molar-refractivity contribution in [1.82, 2.24) is 10.2 Å². The number of hydrogen-bond acceptors (Lipinski definition) is 5. The summed E-state index contributed by atoms with van der Waals surface area (Å²) in [7, 11) is 0. The molecule has 8 nitrogen and oxygen atoms in total. The highest BCUT2D eigenvalue weighted by Gasteiger charge is 2.70. The Morgan fingerprint density at radius 1 is 1.21 bits per heavy atom. The Morgan fingerprint density at radius 2 is 1.93 bits per heavy atom. The summed E-state index contributed by atoms with van der Waals surface area (Å²) in [5, 5.41) is 6.13. The lowest BCUT2D eigenvalue weighted by atomic mass is 9.76. The van der Waals surface area contributed by atoms with Crippen molar-refractivity contribution < 1.29 is 19.2 Å². The fourth-order valence-corrected chi connectivity index (χ4v) is 5.11.